The summed E-state index contributed by atoms with van der Waals surface area (Å²) in [4.78, 5) is 29.0. The van der Waals surface area contributed by atoms with E-state index in [4.69, 9.17) is 9.72 Å². The van der Waals surface area contributed by atoms with Crippen LogP contribution in [0.5, 0.6) is 0 Å². The number of anilines is 2. The molecule has 166 valence electrons. The van der Waals surface area contributed by atoms with Crippen molar-refractivity contribution in [2.24, 2.45) is 0 Å². The van der Waals surface area contributed by atoms with E-state index in [1.807, 2.05) is 36.1 Å². The Labute approximate surface area is 188 Å². The largest absolute Gasteiger partial charge is 0.378 e. The Morgan fingerprint density at radius 2 is 1.66 bits per heavy atom. The van der Waals surface area contributed by atoms with Crippen LogP contribution in [0, 0.1) is 6.92 Å². The normalized spacial score (nSPS) is 17.1. The van der Waals surface area contributed by atoms with Crippen molar-refractivity contribution >= 4 is 28.4 Å². The Kier molecular flexibility index (Phi) is 5.90. The molecule has 0 unspecified atom stereocenters. The number of morpholine rings is 1. The molecule has 0 atom stereocenters. The molecule has 3 aromatic rings. The molecule has 0 bridgehead atoms. The topological polar surface area (TPSA) is 61.8 Å². The van der Waals surface area contributed by atoms with Crippen LogP contribution in [0.2, 0.25) is 0 Å². The van der Waals surface area contributed by atoms with E-state index in [9.17, 15) is 4.79 Å². The van der Waals surface area contributed by atoms with Gasteiger partial charge in [0.1, 0.15) is 5.82 Å². The van der Waals surface area contributed by atoms with E-state index in [1.165, 1.54) is 5.39 Å². The van der Waals surface area contributed by atoms with Crippen LogP contribution in [-0.2, 0) is 16.0 Å². The fourth-order valence-electron chi connectivity index (χ4n) is 4.51. The maximum atomic E-state index is 13.0. The first-order valence-corrected chi connectivity index (χ1v) is 11.3. The number of aryl methyl sites for hydroxylation is 1. The van der Waals surface area contributed by atoms with Gasteiger partial charge < -0.3 is 19.4 Å². The van der Waals surface area contributed by atoms with E-state index < -0.39 is 0 Å². The molecular weight excluding hydrogens is 402 g/mol. The highest BCUT2D eigenvalue weighted by atomic mass is 16.5. The van der Waals surface area contributed by atoms with Gasteiger partial charge in [0.2, 0.25) is 11.9 Å². The minimum Gasteiger partial charge on any atom is -0.378 e. The van der Waals surface area contributed by atoms with Crippen molar-refractivity contribution in [3.8, 4) is 0 Å². The quantitative estimate of drug-likeness (QED) is 0.633. The summed E-state index contributed by atoms with van der Waals surface area (Å²) < 4.78 is 5.47. The van der Waals surface area contributed by atoms with E-state index in [-0.39, 0.29) is 5.91 Å². The monoisotopic (exact) mass is 431 g/mol. The first kappa shape index (κ1) is 20.7. The number of nitrogens with zero attached hydrogens (tertiary/aromatic N) is 5. The van der Waals surface area contributed by atoms with Crippen molar-refractivity contribution in [3.63, 3.8) is 0 Å². The van der Waals surface area contributed by atoms with Crippen molar-refractivity contribution in [1.29, 1.82) is 0 Å². The van der Waals surface area contributed by atoms with Gasteiger partial charge in [-0.25, -0.2) is 4.98 Å². The number of carbonyl (C=O) groups is 1. The van der Waals surface area contributed by atoms with Gasteiger partial charge in [0.25, 0.3) is 0 Å². The van der Waals surface area contributed by atoms with E-state index >= 15 is 0 Å². The number of benzene rings is 2. The molecular formula is C25H29N5O2. The van der Waals surface area contributed by atoms with E-state index in [1.54, 1.807) is 0 Å². The average Bonchev–Trinajstić information content (AvgIpc) is 2.84. The van der Waals surface area contributed by atoms with Crippen LogP contribution in [0.3, 0.4) is 0 Å². The highest BCUT2D eigenvalue weighted by Crippen LogP contribution is 2.22. The molecule has 0 aliphatic carbocycles. The van der Waals surface area contributed by atoms with Gasteiger partial charge in [0.15, 0.2) is 0 Å². The highest BCUT2D eigenvalue weighted by Gasteiger charge is 2.24. The fourth-order valence-corrected chi connectivity index (χ4v) is 4.51. The molecule has 32 heavy (non-hydrogen) atoms. The molecule has 5 rings (SSSR count). The standard InChI is InChI=1S/C25H29N5O2/c1-19-17-23(28-13-15-32-16-14-28)27-25(26-19)30-11-9-29(10-12-30)24(31)18-21-7-4-6-20-5-2-3-8-22(20)21/h2-8,17H,9-16,18H2,1H3. The van der Waals surface area contributed by atoms with Gasteiger partial charge in [-0.1, -0.05) is 42.5 Å². The Balaban J connectivity index is 1.24. The zero-order valence-corrected chi connectivity index (χ0v) is 18.5. The zero-order valence-electron chi connectivity index (χ0n) is 18.5. The number of piperazine rings is 1. The van der Waals surface area contributed by atoms with Gasteiger partial charge in [-0.05, 0) is 23.3 Å². The van der Waals surface area contributed by atoms with Gasteiger partial charge >= 0.3 is 0 Å². The van der Waals surface area contributed by atoms with Crippen LogP contribution in [0.15, 0.2) is 48.5 Å². The van der Waals surface area contributed by atoms with Gasteiger partial charge in [0, 0.05) is 51.0 Å². The third-order valence-electron chi connectivity index (χ3n) is 6.30. The molecule has 7 nitrogen and oxygen atoms in total. The van der Waals surface area contributed by atoms with Crippen LogP contribution in [0.1, 0.15) is 11.3 Å². The Bertz CT molecular complexity index is 1100. The average molecular weight is 432 g/mol. The molecule has 0 saturated carbocycles. The Hall–Kier alpha value is -3.19. The lowest BCUT2D eigenvalue weighted by molar-refractivity contribution is -0.130. The summed E-state index contributed by atoms with van der Waals surface area (Å²) in [5, 5.41) is 2.33. The van der Waals surface area contributed by atoms with Crippen molar-refractivity contribution < 1.29 is 9.53 Å². The Morgan fingerprint density at radius 3 is 2.47 bits per heavy atom. The number of fused-ring (bicyclic) bond motifs is 1. The summed E-state index contributed by atoms with van der Waals surface area (Å²) in [6.45, 7) is 8.05. The summed E-state index contributed by atoms with van der Waals surface area (Å²) in [6.07, 6.45) is 0.434. The summed E-state index contributed by atoms with van der Waals surface area (Å²) >= 11 is 0. The molecule has 2 saturated heterocycles. The van der Waals surface area contributed by atoms with Crippen LogP contribution in [0.4, 0.5) is 11.8 Å². The number of ether oxygens (including phenoxy) is 1. The predicted molar refractivity (Wildman–Crippen MR) is 126 cm³/mol. The van der Waals surface area contributed by atoms with Crippen LogP contribution < -0.4 is 9.80 Å². The first-order chi connectivity index (χ1) is 15.7. The molecule has 1 aromatic heterocycles. The minimum absolute atomic E-state index is 0.181. The third-order valence-corrected chi connectivity index (χ3v) is 6.30. The van der Waals surface area contributed by atoms with Crippen LogP contribution >= 0.6 is 0 Å². The lowest BCUT2D eigenvalue weighted by atomic mass is 10.0. The number of amides is 1. The van der Waals surface area contributed by atoms with Crippen molar-refractivity contribution in [2.75, 3.05) is 62.3 Å². The van der Waals surface area contributed by atoms with Gasteiger partial charge in [-0.3, -0.25) is 4.79 Å². The number of carbonyl (C=O) groups excluding carboxylic acids is 1. The second-order valence-corrected chi connectivity index (χ2v) is 8.45. The number of hydrogen-bond donors (Lipinski definition) is 0. The van der Waals surface area contributed by atoms with E-state index in [2.05, 4.69) is 39.0 Å². The lowest BCUT2D eigenvalue weighted by Crippen LogP contribution is -2.49. The number of rotatable bonds is 4. The van der Waals surface area contributed by atoms with Gasteiger partial charge in [-0.2, -0.15) is 4.98 Å². The zero-order chi connectivity index (χ0) is 21.9. The highest BCUT2D eigenvalue weighted by molar-refractivity contribution is 5.90. The minimum atomic E-state index is 0.181. The molecule has 0 radical (unpaired) electrons. The Morgan fingerprint density at radius 1 is 0.906 bits per heavy atom. The van der Waals surface area contributed by atoms with Crippen molar-refractivity contribution in [1.82, 2.24) is 14.9 Å². The van der Waals surface area contributed by atoms with Crippen LogP contribution in [0.25, 0.3) is 10.8 Å². The van der Waals surface area contributed by atoms with Gasteiger partial charge in [0.05, 0.1) is 19.6 Å². The summed E-state index contributed by atoms with van der Waals surface area (Å²) in [6, 6.07) is 16.5. The van der Waals surface area contributed by atoms with Crippen molar-refractivity contribution in [2.45, 2.75) is 13.3 Å². The first-order valence-electron chi connectivity index (χ1n) is 11.3. The van der Waals surface area contributed by atoms with Crippen molar-refractivity contribution in [3.05, 3.63) is 59.8 Å². The molecule has 0 N–H and O–H groups in total. The second-order valence-electron chi connectivity index (χ2n) is 8.45. The molecule has 1 amide bonds. The maximum Gasteiger partial charge on any atom is 0.227 e. The smallest absolute Gasteiger partial charge is 0.227 e. The second kappa shape index (κ2) is 9.12. The molecule has 2 fully saturated rings. The molecule has 0 spiro atoms. The van der Waals surface area contributed by atoms with Gasteiger partial charge in [-0.15, -0.1) is 0 Å². The molecule has 7 heteroatoms. The maximum absolute atomic E-state index is 13.0. The number of aromatic nitrogens is 2. The molecule has 2 aromatic carbocycles. The van der Waals surface area contributed by atoms with E-state index in [0.717, 1.165) is 67.8 Å². The van der Waals surface area contributed by atoms with E-state index in [0.29, 0.717) is 19.5 Å². The lowest BCUT2D eigenvalue weighted by Gasteiger charge is -2.35. The molecule has 2 aliphatic heterocycles. The molecule has 3 heterocycles. The number of hydrogen-bond acceptors (Lipinski definition) is 6. The third kappa shape index (κ3) is 4.39. The predicted octanol–water partition coefficient (Wildman–Crippen LogP) is 2.67. The summed E-state index contributed by atoms with van der Waals surface area (Å²) in [5.41, 5.74) is 2.05. The van der Waals surface area contributed by atoms with Crippen LogP contribution in [-0.4, -0.2) is 73.3 Å². The fraction of sp³-hybridized carbons (Fsp3) is 0.400. The SMILES string of the molecule is Cc1cc(N2CCOCC2)nc(N2CCN(C(=O)Cc3cccc4ccccc34)CC2)n1. The summed E-state index contributed by atoms with van der Waals surface area (Å²) in [7, 11) is 0. The summed E-state index contributed by atoms with van der Waals surface area (Å²) in [5.74, 6) is 1.90. The molecule has 2 aliphatic rings.